The lowest BCUT2D eigenvalue weighted by molar-refractivity contribution is -0.383. The highest BCUT2D eigenvalue weighted by Crippen LogP contribution is 2.27. The smallest absolute Gasteiger partial charge is 0.298 e. The second kappa shape index (κ2) is 3.53. The summed E-state index contributed by atoms with van der Waals surface area (Å²) in [4.78, 5) is 14.7. The Morgan fingerprint density at radius 3 is 2.94 bits per heavy atom. The van der Waals surface area contributed by atoms with Crippen LogP contribution in [-0.2, 0) is 0 Å². The number of nitro benzene ring substituents is 1. The molecule has 2 heterocycles. The van der Waals surface area contributed by atoms with Crippen molar-refractivity contribution in [1.82, 2.24) is 9.38 Å². The minimum atomic E-state index is -0.518. The largest absolute Gasteiger partial charge is 0.299 e. The van der Waals surface area contributed by atoms with Crippen LogP contribution in [0.2, 0.25) is 0 Å². The molecule has 0 N–H and O–H groups in total. The molecule has 6 nitrogen and oxygen atoms in total. The van der Waals surface area contributed by atoms with E-state index in [0.29, 0.717) is 16.7 Å². The molecule has 0 aliphatic carbocycles. The van der Waals surface area contributed by atoms with Crippen LogP contribution in [0.15, 0.2) is 36.5 Å². The molecule has 2 aromatic heterocycles. The molecule has 0 saturated heterocycles. The third-order valence-electron chi connectivity index (χ3n) is 2.72. The molecule has 3 aromatic rings. The molecule has 0 atom stereocenters. The Bertz CT molecular complexity index is 829. The molecule has 0 spiro atoms. The lowest BCUT2D eigenvalue weighted by Crippen LogP contribution is -1.91. The first kappa shape index (κ1) is 10.2. The fraction of sp³-hybridized carbons (Fsp3) is 0. The Kier molecular flexibility index (Phi) is 2.01. The molecule has 0 amide bonds. The predicted molar refractivity (Wildman–Crippen MR) is 64.1 cm³/mol. The molecule has 0 unspecified atom stereocenters. The van der Waals surface area contributed by atoms with Crippen molar-refractivity contribution in [2.45, 2.75) is 0 Å². The van der Waals surface area contributed by atoms with Gasteiger partial charge in [0, 0.05) is 12.3 Å². The molecule has 0 fully saturated rings. The van der Waals surface area contributed by atoms with E-state index in [0.717, 1.165) is 0 Å². The van der Waals surface area contributed by atoms with Gasteiger partial charge in [0.05, 0.1) is 22.1 Å². The number of imidazole rings is 1. The molecule has 3 rings (SSSR count). The van der Waals surface area contributed by atoms with E-state index in [4.69, 9.17) is 5.26 Å². The summed E-state index contributed by atoms with van der Waals surface area (Å²) in [6.07, 6.45) is 1.76. The third-order valence-corrected chi connectivity index (χ3v) is 2.72. The average molecular weight is 238 g/mol. The van der Waals surface area contributed by atoms with Crippen LogP contribution in [0.3, 0.4) is 0 Å². The van der Waals surface area contributed by atoms with Crippen molar-refractivity contribution in [1.29, 1.82) is 5.26 Å². The van der Waals surface area contributed by atoms with Crippen molar-refractivity contribution < 1.29 is 4.92 Å². The molecule has 86 valence electrons. The normalized spacial score (nSPS) is 10.6. The van der Waals surface area contributed by atoms with Crippen molar-refractivity contribution in [3.05, 3.63) is 52.2 Å². The number of non-ortho nitro benzene ring substituents is 1. The molecule has 0 aliphatic rings. The number of nitrogens with zero attached hydrogens (tertiary/aromatic N) is 4. The summed E-state index contributed by atoms with van der Waals surface area (Å²) in [5.74, 6) is 0. The van der Waals surface area contributed by atoms with Crippen LogP contribution in [0.1, 0.15) is 5.56 Å². The molecular formula is C12H6N4O2. The van der Waals surface area contributed by atoms with Crippen molar-refractivity contribution in [3.63, 3.8) is 0 Å². The second-order valence-corrected chi connectivity index (χ2v) is 3.77. The summed E-state index contributed by atoms with van der Waals surface area (Å²) in [5.41, 5.74) is 1.58. The van der Waals surface area contributed by atoms with Crippen LogP contribution in [0.4, 0.5) is 5.69 Å². The number of hydrogen-bond donors (Lipinski definition) is 0. The zero-order chi connectivity index (χ0) is 12.7. The Balaban J connectivity index is 2.55. The first-order chi connectivity index (χ1) is 8.70. The zero-order valence-corrected chi connectivity index (χ0v) is 9.07. The number of aromatic nitrogens is 2. The Morgan fingerprint density at radius 1 is 1.39 bits per heavy atom. The first-order valence-corrected chi connectivity index (χ1v) is 5.16. The maximum atomic E-state index is 11.0. The summed E-state index contributed by atoms with van der Waals surface area (Å²) >= 11 is 0. The molecule has 1 aromatic carbocycles. The number of pyridine rings is 1. The predicted octanol–water partition coefficient (Wildman–Crippen LogP) is 2.27. The minimum Gasteiger partial charge on any atom is -0.299 e. The number of nitro groups is 1. The Labute approximate surface area is 101 Å². The summed E-state index contributed by atoms with van der Waals surface area (Å²) in [6, 6.07) is 10.1. The molecule has 0 bridgehead atoms. The quantitative estimate of drug-likeness (QED) is 0.480. The summed E-state index contributed by atoms with van der Waals surface area (Å²) in [6.45, 7) is 0. The number of rotatable bonds is 1. The highest BCUT2D eigenvalue weighted by molar-refractivity contribution is 5.89. The van der Waals surface area contributed by atoms with Gasteiger partial charge in [-0.25, -0.2) is 4.98 Å². The summed E-state index contributed by atoms with van der Waals surface area (Å²) < 4.78 is 1.73. The Morgan fingerprint density at radius 2 is 2.22 bits per heavy atom. The van der Waals surface area contributed by atoms with E-state index in [-0.39, 0.29) is 11.3 Å². The van der Waals surface area contributed by atoms with Gasteiger partial charge in [-0.05, 0) is 18.2 Å². The fourth-order valence-corrected chi connectivity index (χ4v) is 1.95. The highest BCUT2D eigenvalue weighted by atomic mass is 16.6. The summed E-state index contributed by atoms with van der Waals surface area (Å²) in [5, 5.41) is 19.9. The number of nitriles is 1. The van der Waals surface area contributed by atoms with E-state index in [1.165, 1.54) is 6.07 Å². The van der Waals surface area contributed by atoms with Gasteiger partial charge < -0.3 is 0 Å². The van der Waals surface area contributed by atoms with Crippen LogP contribution in [0, 0.1) is 21.4 Å². The van der Waals surface area contributed by atoms with E-state index >= 15 is 0 Å². The second-order valence-electron chi connectivity index (χ2n) is 3.77. The van der Waals surface area contributed by atoms with Gasteiger partial charge in [0.15, 0.2) is 5.52 Å². The van der Waals surface area contributed by atoms with Gasteiger partial charge in [-0.15, -0.1) is 0 Å². The SMILES string of the molecule is N#Cc1cc([N+](=O)[O-])c2nc3ccccn3c2c1. The van der Waals surface area contributed by atoms with Crippen LogP contribution < -0.4 is 0 Å². The van der Waals surface area contributed by atoms with Crippen molar-refractivity contribution >= 4 is 22.4 Å². The van der Waals surface area contributed by atoms with E-state index in [1.807, 2.05) is 6.07 Å². The maximum absolute atomic E-state index is 11.0. The van der Waals surface area contributed by atoms with Gasteiger partial charge in [-0.3, -0.25) is 14.5 Å². The molecule has 0 radical (unpaired) electrons. The molecular weight excluding hydrogens is 232 g/mol. The first-order valence-electron chi connectivity index (χ1n) is 5.16. The number of fused-ring (bicyclic) bond motifs is 3. The maximum Gasteiger partial charge on any atom is 0.298 e. The van der Waals surface area contributed by atoms with Crippen LogP contribution >= 0.6 is 0 Å². The lowest BCUT2D eigenvalue weighted by Gasteiger charge is -1.96. The van der Waals surface area contributed by atoms with E-state index < -0.39 is 4.92 Å². The van der Waals surface area contributed by atoms with E-state index in [1.54, 1.807) is 34.9 Å². The average Bonchev–Trinajstić information content (AvgIpc) is 2.75. The van der Waals surface area contributed by atoms with Crippen molar-refractivity contribution in [3.8, 4) is 6.07 Å². The van der Waals surface area contributed by atoms with Crippen molar-refractivity contribution in [2.24, 2.45) is 0 Å². The van der Waals surface area contributed by atoms with Gasteiger partial charge in [-0.2, -0.15) is 5.26 Å². The van der Waals surface area contributed by atoms with Crippen molar-refractivity contribution in [2.75, 3.05) is 0 Å². The lowest BCUT2D eigenvalue weighted by atomic mass is 10.2. The third kappa shape index (κ3) is 1.31. The van der Waals surface area contributed by atoms with Crippen LogP contribution in [0.25, 0.3) is 16.7 Å². The van der Waals surface area contributed by atoms with E-state index in [9.17, 15) is 10.1 Å². The summed E-state index contributed by atoms with van der Waals surface area (Å²) in [7, 11) is 0. The zero-order valence-electron chi connectivity index (χ0n) is 9.07. The van der Waals surface area contributed by atoms with Crippen LogP contribution in [0.5, 0.6) is 0 Å². The number of benzene rings is 1. The van der Waals surface area contributed by atoms with E-state index in [2.05, 4.69) is 4.98 Å². The Hall–Kier alpha value is -2.94. The van der Waals surface area contributed by atoms with Gasteiger partial charge in [0.25, 0.3) is 5.69 Å². The molecule has 0 aliphatic heterocycles. The minimum absolute atomic E-state index is 0.146. The van der Waals surface area contributed by atoms with Gasteiger partial charge in [0.1, 0.15) is 5.65 Å². The van der Waals surface area contributed by atoms with Gasteiger partial charge >= 0.3 is 0 Å². The monoisotopic (exact) mass is 238 g/mol. The number of hydrogen-bond acceptors (Lipinski definition) is 4. The molecule has 18 heavy (non-hydrogen) atoms. The standard InChI is InChI=1S/C12H6N4O2/c13-7-8-5-9-12(10(6-8)16(17)18)14-11-3-1-2-4-15(9)11/h1-6H. The topological polar surface area (TPSA) is 84.2 Å². The van der Waals surface area contributed by atoms with Gasteiger partial charge in [0.2, 0.25) is 0 Å². The fourth-order valence-electron chi connectivity index (χ4n) is 1.95. The molecule has 6 heteroatoms. The highest BCUT2D eigenvalue weighted by Gasteiger charge is 2.18. The van der Waals surface area contributed by atoms with Crippen LogP contribution in [-0.4, -0.2) is 14.3 Å². The molecule has 0 saturated carbocycles. The van der Waals surface area contributed by atoms with Gasteiger partial charge in [-0.1, -0.05) is 6.07 Å².